The highest BCUT2D eigenvalue weighted by molar-refractivity contribution is 6.03. The van der Waals surface area contributed by atoms with Gasteiger partial charge in [0.15, 0.2) is 0 Å². The fourth-order valence-electron chi connectivity index (χ4n) is 2.50. The Bertz CT molecular complexity index is 970. The second-order valence-electron chi connectivity index (χ2n) is 5.70. The standard InChI is InChI=1S/C21H17NO4/c1-14-7-5-6-10-17(14)20(23)22-18(21(24)25)13-16-11-12-19(26-16)15-8-3-2-4-9-15/h2-13H,1H3,(H,22,23)(H,24,25)/b18-13+. The minimum Gasteiger partial charge on any atom is -0.477 e. The molecule has 0 aliphatic carbocycles. The van der Waals surface area contributed by atoms with Crippen LogP contribution in [0.3, 0.4) is 0 Å². The Morgan fingerprint density at radius 2 is 1.65 bits per heavy atom. The number of aryl methyl sites for hydroxylation is 1. The average Bonchev–Trinajstić information content (AvgIpc) is 3.11. The maximum atomic E-state index is 12.4. The molecule has 0 bridgehead atoms. The molecule has 0 aliphatic heterocycles. The summed E-state index contributed by atoms with van der Waals surface area (Å²) < 4.78 is 5.67. The zero-order chi connectivity index (χ0) is 18.5. The molecule has 0 saturated heterocycles. The van der Waals surface area contributed by atoms with Crippen LogP contribution >= 0.6 is 0 Å². The maximum absolute atomic E-state index is 12.4. The van der Waals surface area contributed by atoms with E-state index in [1.165, 1.54) is 6.08 Å². The summed E-state index contributed by atoms with van der Waals surface area (Å²) in [5, 5.41) is 11.8. The molecule has 2 N–H and O–H groups in total. The Morgan fingerprint density at radius 1 is 0.962 bits per heavy atom. The van der Waals surface area contributed by atoms with Crippen molar-refractivity contribution >= 4 is 18.0 Å². The third-order valence-electron chi connectivity index (χ3n) is 3.84. The van der Waals surface area contributed by atoms with E-state index >= 15 is 0 Å². The van der Waals surface area contributed by atoms with E-state index in [1.54, 1.807) is 37.3 Å². The Kier molecular flexibility index (Phi) is 4.99. The molecular weight excluding hydrogens is 330 g/mol. The van der Waals surface area contributed by atoms with Gasteiger partial charge in [0, 0.05) is 17.2 Å². The number of hydrogen-bond donors (Lipinski definition) is 2. The van der Waals surface area contributed by atoms with Gasteiger partial charge < -0.3 is 14.8 Å². The molecule has 1 amide bonds. The van der Waals surface area contributed by atoms with Crippen LogP contribution in [0.2, 0.25) is 0 Å². The van der Waals surface area contributed by atoms with Gasteiger partial charge in [0.2, 0.25) is 0 Å². The molecule has 0 unspecified atom stereocenters. The predicted octanol–water partition coefficient (Wildman–Crippen LogP) is 4.11. The summed E-state index contributed by atoms with van der Waals surface area (Å²) in [6.45, 7) is 1.79. The quantitative estimate of drug-likeness (QED) is 0.681. The van der Waals surface area contributed by atoms with Crippen molar-refractivity contribution in [3.05, 3.63) is 89.3 Å². The highest BCUT2D eigenvalue weighted by Gasteiger charge is 2.15. The largest absolute Gasteiger partial charge is 0.477 e. The van der Waals surface area contributed by atoms with Crippen molar-refractivity contribution in [3.63, 3.8) is 0 Å². The van der Waals surface area contributed by atoms with E-state index < -0.39 is 11.9 Å². The van der Waals surface area contributed by atoms with Crippen molar-refractivity contribution in [3.8, 4) is 11.3 Å². The summed E-state index contributed by atoms with van der Waals surface area (Å²) in [5.74, 6) is -0.769. The second-order valence-corrected chi connectivity index (χ2v) is 5.70. The van der Waals surface area contributed by atoms with Crippen LogP contribution in [0.4, 0.5) is 0 Å². The molecule has 0 spiro atoms. The van der Waals surface area contributed by atoms with Crippen molar-refractivity contribution in [2.45, 2.75) is 6.92 Å². The van der Waals surface area contributed by atoms with Gasteiger partial charge in [0.25, 0.3) is 5.91 Å². The molecule has 0 atom stereocenters. The van der Waals surface area contributed by atoms with Crippen LogP contribution in [0.5, 0.6) is 0 Å². The summed E-state index contributed by atoms with van der Waals surface area (Å²) in [7, 11) is 0. The summed E-state index contributed by atoms with van der Waals surface area (Å²) in [6, 6.07) is 19.8. The lowest BCUT2D eigenvalue weighted by Gasteiger charge is -2.07. The van der Waals surface area contributed by atoms with Crippen molar-refractivity contribution in [2.75, 3.05) is 0 Å². The normalized spacial score (nSPS) is 11.2. The fourth-order valence-corrected chi connectivity index (χ4v) is 2.50. The van der Waals surface area contributed by atoms with E-state index in [-0.39, 0.29) is 5.70 Å². The molecule has 0 aliphatic rings. The van der Waals surface area contributed by atoms with Gasteiger partial charge >= 0.3 is 5.97 Å². The van der Waals surface area contributed by atoms with E-state index in [1.807, 2.05) is 36.4 Å². The number of carboxylic acids is 1. The summed E-state index contributed by atoms with van der Waals surface area (Å²) in [6.07, 6.45) is 1.30. The Balaban J connectivity index is 1.84. The molecule has 0 fully saturated rings. The summed E-state index contributed by atoms with van der Waals surface area (Å²) in [5.41, 5.74) is 1.81. The van der Waals surface area contributed by atoms with Gasteiger partial charge in [-0.2, -0.15) is 0 Å². The van der Waals surface area contributed by atoms with Gasteiger partial charge in [-0.25, -0.2) is 4.79 Å². The third kappa shape index (κ3) is 3.89. The molecule has 0 saturated carbocycles. The minimum absolute atomic E-state index is 0.257. The zero-order valence-electron chi connectivity index (χ0n) is 14.1. The molecule has 5 heteroatoms. The highest BCUT2D eigenvalue weighted by Crippen LogP contribution is 2.23. The highest BCUT2D eigenvalue weighted by atomic mass is 16.4. The molecule has 2 aromatic carbocycles. The molecular formula is C21H17NO4. The number of amides is 1. The molecule has 1 heterocycles. The smallest absolute Gasteiger partial charge is 0.352 e. The molecule has 0 radical (unpaired) electrons. The molecule has 3 aromatic rings. The summed E-state index contributed by atoms with van der Waals surface area (Å²) in [4.78, 5) is 23.9. The van der Waals surface area contributed by atoms with Crippen LogP contribution in [0, 0.1) is 6.92 Å². The number of furan rings is 1. The van der Waals surface area contributed by atoms with Crippen LogP contribution in [0.25, 0.3) is 17.4 Å². The van der Waals surface area contributed by atoms with Gasteiger partial charge in [-0.3, -0.25) is 4.79 Å². The SMILES string of the molecule is Cc1ccccc1C(=O)N/C(=C/c1ccc(-c2ccccc2)o1)C(=O)O. The molecule has 1 aromatic heterocycles. The Hall–Kier alpha value is -3.60. The number of carbonyl (C=O) groups is 2. The van der Waals surface area contributed by atoms with E-state index in [0.29, 0.717) is 17.1 Å². The number of carboxylic acid groups (broad SMARTS) is 1. The van der Waals surface area contributed by atoms with Gasteiger partial charge in [-0.1, -0.05) is 48.5 Å². The van der Waals surface area contributed by atoms with Crippen LogP contribution in [0.15, 0.2) is 76.8 Å². The lowest BCUT2D eigenvalue weighted by molar-refractivity contribution is -0.132. The number of nitrogens with one attached hydrogen (secondary N) is 1. The first-order valence-electron chi connectivity index (χ1n) is 8.02. The van der Waals surface area contributed by atoms with Gasteiger partial charge in [0.1, 0.15) is 17.2 Å². The van der Waals surface area contributed by atoms with Crippen LogP contribution in [-0.4, -0.2) is 17.0 Å². The van der Waals surface area contributed by atoms with E-state index in [9.17, 15) is 14.7 Å². The molecule has 26 heavy (non-hydrogen) atoms. The van der Waals surface area contributed by atoms with E-state index in [4.69, 9.17) is 4.42 Å². The number of aliphatic carboxylic acids is 1. The zero-order valence-corrected chi connectivity index (χ0v) is 14.1. The molecule has 130 valence electrons. The number of benzene rings is 2. The first kappa shape index (κ1) is 17.2. The van der Waals surface area contributed by atoms with Gasteiger partial charge in [-0.15, -0.1) is 0 Å². The monoisotopic (exact) mass is 347 g/mol. The lowest BCUT2D eigenvalue weighted by atomic mass is 10.1. The van der Waals surface area contributed by atoms with Crippen molar-refractivity contribution in [1.82, 2.24) is 5.32 Å². The van der Waals surface area contributed by atoms with Crippen LogP contribution in [-0.2, 0) is 4.79 Å². The fraction of sp³-hybridized carbons (Fsp3) is 0.0476. The minimum atomic E-state index is -1.25. The van der Waals surface area contributed by atoms with Crippen molar-refractivity contribution in [2.24, 2.45) is 0 Å². The Morgan fingerprint density at radius 3 is 2.35 bits per heavy atom. The lowest BCUT2D eigenvalue weighted by Crippen LogP contribution is -2.27. The van der Waals surface area contributed by atoms with E-state index in [2.05, 4.69) is 5.32 Å². The predicted molar refractivity (Wildman–Crippen MR) is 98.4 cm³/mol. The molecule has 3 rings (SSSR count). The summed E-state index contributed by atoms with van der Waals surface area (Å²) >= 11 is 0. The number of carbonyl (C=O) groups excluding carboxylic acids is 1. The molecule has 5 nitrogen and oxygen atoms in total. The van der Waals surface area contributed by atoms with Crippen LogP contribution in [0.1, 0.15) is 21.7 Å². The average molecular weight is 347 g/mol. The van der Waals surface area contributed by atoms with Gasteiger partial charge in [0.05, 0.1) is 0 Å². The van der Waals surface area contributed by atoms with Crippen molar-refractivity contribution < 1.29 is 19.1 Å². The number of hydrogen-bond acceptors (Lipinski definition) is 3. The maximum Gasteiger partial charge on any atom is 0.352 e. The van der Waals surface area contributed by atoms with Crippen LogP contribution < -0.4 is 5.32 Å². The topological polar surface area (TPSA) is 79.5 Å². The second kappa shape index (κ2) is 7.53. The van der Waals surface area contributed by atoms with E-state index in [0.717, 1.165) is 11.1 Å². The van der Waals surface area contributed by atoms with Crippen molar-refractivity contribution in [1.29, 1.82) is 0 Å². The number of rotatable bonds is 5. The first-order chi connectivity index (χ1) is 12.5. The van der Waals surface area contributed by atoms with Gasteiger partial charge in [-0.05, 0) is 30.7 Å². The first-order valence-corrected chi connectivity index (χ1v) is 8.02. The Labute approximate surface area is 150 Å². The third-order valence-corrected chi connectivity index (χ3v) is 3.84.